The number of oxime groups is 1. The molecule has 0 spiro atoms. The molecule has 0 fully saturated rings. The zero-order valence-corrected chi connectivity index (χ0v) is 9.88. The zero-order chi connectivity index (χ0) is 12.1. The predicted octanol–water partition coefficient (Wildman–Crippen LogP) is 1.41. The van der Waals surface area contributed by atoms with Gasteiger partial charge in [0.1, 0.15) is 5.69 Å². The number of pyridine rings is 1. The number of aromatic nitrogens is 1. The van der Waals surface area contributed by atoms with E-state index >= 15 is 0 Å². The highest BCUT2D eigenvalue weighted by Gasteiger charge is 2.10. The lowest BCUT2D eigenvalue weighted by molar-refractivity contribution is 0.318. The van der Waals surface area contributed by atoms with Crippen LogP contribution in [0.4, 0.5) is 5.69 Å². The fourth-order valence-corrected chi connectivity index (χ4v) is 1.64. The summed E-state index contributed by atoms with van der Waals surface area (Å²) in [6.45, 7) is 7.22. The average Bonchev–Trinajstić information content (AvgIpc) is 2.29. The molecule has 0 bridgehead atoms. The molecule has 0 atom stereocenters. The van der Waals surface area contributed by atoms with E-state index in [1.807, 2.05) is 12.1 Å². The Hall–Kier alpha value is -1.78. The van der Waals surface area contributed by atoms with Gasteiger partial charge in [-0.15, -0.1) is 0 Å². The van der Waals surface area contributed by atoms with E-state index in [9.17, 15) is 0 Å². The van der Waals surface area contributed by atoms with Crippen LogP contribution in [0.2, 0.25) is 0 Å². The molecule has 0 amide bonds. The molecule has 1 rings (SSSR count). The van der Waals surface area contributed by atoms with Crippen molar-refractivity contribution in [2.75, 3.05) is 11.4 Å². The first-order valence-electron chi connectivity index (χ1n) is 5.30. The van der Waals surface area contributed by atoms with Gasteiger partial charge in [-0.05, 0) is 32.9 Å². The van der Waals surface area contributed by atoms with Crippen LogP contribution in [-0.2, 0) is 0 Å². The molecule has 0 aromatic carbocycles. The summed E-state index contributed by atoms with van der Waals surface area (Å²) in [5.74, 6) is 0.0293. The van der Waals surface area contributed by atoms with Crippen molar-refractivity contribution in [3.8, 4) is 0 Å². The Morgan fingerprint density at radius 1 is 1.62 bits per heavy atom. The minimum Gasteiger partial charge on any atom is -0.409 e. The Kier molecular flexibility index (Phi) is 4.10. The van der Waals surface area contributed by atoms with Gasteiger partial charge in [-0.25, -0.2) is 0 Å². The summed E-state index contributed by atoms with van der Waals surface area (Å²) in [5.41, 5.74) is 7.01. The minimum atomic E-state index is 0.0293. The molecule has 1 heterocycles. The monoisotopic (exact) mass is 222 g/mol. The molecule has 0 radical (unpaired) electrons. The summed E-state index contributed by atoms with van der Waals surface area (Å²) >= 11 is 0. The summed E-state index contributed by atoms with van der Waals surface area (Å²) in [6.07, 6.45) is 1.66. The van der Waals surface area contributed by atoms with Crippen molar-refractivity contribution < 1.29 is 5.21 Å². The van der Waals surface area contributed by atoms with Gasteiger partial charge >= 0.3 is 0 Å². The predicted molar refractivity (Wildman–Crippen MR) is 64.9 cm³/mol. The Morgan fingerprint density at radius 3 is 2.81 bits per heavy atom. The molecule has 0 unspecified atom stereocenters. The van der Waals surface area contributed by atoms with Crippen LogP contribution in [0.5, 0.6) is 0 Å². The van der Waals surface area contributed by atoms with Crippen LogP contribution in [0.1, 0.15) is 26.5 Å². The van der Waals surface area contributed by atoms with Crippen LogP contribution >= 0.6 is 0 Å². The highest BCUT2D eigenvalue weighted by atomic mass is 16.4. The molecule has 5 nitrogen and oxygen atoms in total. The van der Waals surface area contributed by atoms with Gasteiger partial charge in [0.05, 0.1) is 0 Å². The van der Waals surface area contributed by atoms with Gasteiger partial charge in [-0.2, -0.15) is 0 Å². The largest absolute Gasteiger partial charge is 0.409 e. The minimum absolute atomic E-state index is 0.0293. The molecule has 0 aliphatic heterocycles. The second kappa shape index (κ2) is 5.34. The van der Waals surface area contributed by atoms with Crippen molar-refractivity contribution in [3.63, 3.8) is 0 Å². The smallest absolute Gasteiger partial charge is 0.188 e. The third-order valence-corrected chi connectivity index (χ3v) is 2.41. The molecule has 0 saturated heterocycles. The maximum Gasteiger partial charge on any atom is 0.188 e. The number of hydrogen-bond donors (Lipinski definition) is 2. The lowest BCUT2D eigenvalue weighted by Crippen LogP contribution is -2.30. The van der Waals surface area contributed by atoms with Gasteiger partial charge in [0.15, 0.2) is 5.84 Å². The average molecular weight is 222 g/mol. The number of nitrogens with zero attached hydrogens (tertiary/aromatic N) is 3. The number of anilines is 1. The molecule has 88 valence electrons. The van der Waals surface area contributed by atoms with Gasteiger partial charge < -0.3 is 15.8 Å². The number of rotatable bonds is 4. The van der Waals surface area contributed by atoms with Crippen molar-refractivity contribution in [2.24, 2.45) is 10.9 Å². The molecule has 1 aromatic heterocycles. The normalized spacial score (nSPS) is 11.9. The van der Waals surface area contributed by atoms with Crippen molar-refractivity contribution in [2.45, 2.75) is 26.8 Å². The second-order valence-corrected chi connectivity index (χ2v) is 3.76. The Labute approximate surface area is 95.6 Å². The molecule has 5 heteroatoms. The Balaban J connectivity index is 3.06. The van der Waals surface area contributed by atoms with E-state index in [-0.39, 0.29) is 5.84 Å². The summed E-state index contributed by atoms with van der Waals surface area (Å²) in [4.78, 5) is 6.25. The zero-order valence-electron chi connectivity index (χ0n) is 9.88. The first-order valence-corrected chi connectivity index (χ1v) is 5.30. The maximum absolute atomic E-state index is 8.59. The molecule has 0 saturated carbocycles. The molecule has 1 aromatic rings. The number of hydrogen-bond acceptors (Lipinski definition) is 4. The third kappa shape index (κ3) is 2.62. The number of amidine groups is 1. The van der Waals surface area contributed by atoms with E-state index in [2.05, 4.69) is 35.8 Å². The summed E-state index contributed by atoms with van der Waals surface area (Å²) < 4.78 is 0. The lowest BCUT2D eigenvalue weighted by atomic mass is 10.2. The van der Waals surface area contributed by atoms with Gasteiger partial charge in [0.25, 0.3) is 0 Å². The third-order valence-electron chi connectivity index (χ3n) is 2.41. The van der Waals surface area contributed by atoms with Crippen molar-refractivity contribution in [3.05, 3.63) is 24.0 Å². The van der Waals surface area contributed by atoms with Crippen molar-refractivity contribution in [1.29, 1.82) is 0 Å². The van der Waals surface area contributed by atoms with Crippen LogP contribution in [-0.4, -0.2) is 28.6 Å². The van der Waals surface area contributed by atoms with Crippen LogP contribution in [0, 0.1) is 0 Å². The summed E-state index contributed by atoms with van der Waals surface area (Å²) in [5, 5.41) is 11.5. The van der Waals surface area contributed by atoms with E-state index in [1.165, 1.54) is 0 Å². The van der Waals surface area contributed by atoms with E-state index in [4.69, 9.17) is 10.9 Å². The van der Waals surface area contributed by atoms with E-state index in [0.29, 0.717) is 11.7 Å². The highest BCUT2D eigenvalue weighted by Crippen LogP contribution is 2.16. The molecular weight excluding hydrogens is 204 g/mol. The maximum atomic E-state index is 8.59. The van der Waals surface area contributed by atoms with Crippen LogP contribution < -0.4 is 10.6 Å². The molecule has 0 aliphatic carbocycles. The summed E-state index contributed by atoms with van der Waals surface area (Å²) in [7, 11) is 0. The van der Waals surface area contributed by atoms with E-state index in [0.717, 1.165) is 12.2 Å². The van der Waals surface area contributed by atoms with Crippen LogP contribution in [0.25, 0.3) is 0 Å². The standard InChI is InChI=1S/C11H18N4O/c1-4-15(8(2)3)9-5-6-13-10(7-9)11(12)14-16/h5-8,16H,4H2,1-3H3,(H2,12,14). The fraction of sp³-hybridized carbons (Fsp3) is 0.455. The van der Waals surface area contributed by atoms with Gasteiger partial charge in [0, 0.05) is 24.5 Å². The van der Waals surface area contributed by atoms with Crippen molar-refractivity contribution >= 4 is 11.5 Å². The quantitative estimate of drug-likeness (QED) is 0.349. The van der Waals surface area contributed by atoms with Gasteiger partial charge in [-0.3, -0.25) is 4.98 Å². The topological polar surface area (TPSA) is 74.7 Å². The van der Waals surface area contributed by atoms with Gasteiger partial charge in [0.2, 0.25) is 0 Å². The van der Waals surface area contributed by atoms with E-state index < -0.39 is 0 Å². The number of nitrogens with two attached hydrogens (primary N) is 1. The van der Waals surface area contributed by atoms with Gasteiger partial charge in [-0.1, -0.05) is 5.16 Å². The second-order valence-electron chi connectivity index (χ2n) is 3.76. The SMILES string of the molecule is CCN(c1ccnc(C(N)=NO)c1)C(C)C. The van der Waals surface area contributed by atoms with Crippen LogP contribution in [0.15, 0.2) is 23.5 Å². The Morgan fingerprint density at radius 2 is 2.31 bits per heavy atom. The molecular formula is C11H18N4O. The van der Waals surface area contributed by atoms with Crippen LogP contribution in [0.3, 0.4) is 0 Å². The fourth-order valence-electron chi connectivity index (χ4n) is 1.64. The summed E-state index contributed by atoms with van der Waals surface area (Å²) in [6, 6.07) is 4.13. The Bertz CT molecular complexity index is 376. The highest BCUT2D eigenvalue weighted by molar-refractivity contribution is 5.95. The van der Waals surface area contributed by atoms with Crippen molar-refractivity contribution in [1.82, 2.24) is 4.98 Å². The molecule has 0 aliphatic rings. The molecule has 16 heavy (non-hydrogen) atoms. The first-order chi connectivity index (χ1) is 7.60. The lowest BCUT2D eigenvalue weighted by Gasteiger charge is -2.27. The first kappa shape index (κ1) is 12.3. The van der Waals surface area contributed by atoms with E-state index in [1.54, 1.807) is 6.20 Å². The molecule has 3 N–H and O–H groups in total.